The summed E-state index contributed by atoms with van der Waals surface area (Å²) in [6.07, 6.45) is 8.33. The monoisotopic (exact) mass is 480 g/mol. The molecule has 1 aliphatic heterocycles. The van der Waals surface area contributed by atoms with E-state index in [-0.39, 0.29) is 12.0 Å². The third kappa shape index (κ3) is 5.68. The summed E-state index contributed by atoms with van der Waals surface area (Å²) < 4.78 is 11.4. The molecule has 1 aliphatic rings. The van der Waals surface area contributed by atoms with E-state index >= 15 is 0 Å². The molecule has 0 spiro atoms. The van der Waals surface area contributed by atoms with Crippen molar-refractivity contribution in [2.75, 3.05) is 18.5 Å². The number of rotatable bonds is 8. The summed E-state index contributed by atoms with van der Waals surface area (Å²) in [6.45, 7) is 8.71. The number of benzene rings is 1. The van der Waals surface area contributed by atoms with Gasteiger partial charge in [-0.15, -0.1) is 0 Å². The first-order valence-corrected chi connectivity index (χ1v) is 11.9. The SMILES string of the molecule is C=CC(=O)Nc1cc(-c2cnc(C)c(/C(=C\CC)c3cccc(C#N)c3)c2)cnc1OC1CCOC1. The summed E-state index contributed by atoms with van der Waals surface area (Å²) in [6, 6.07) is 13.7. The van der Waals surface area contributed by atoms with E-state index in [2.05, 4.69) is 47.0 Å². The van der Waals surface area contributed by atoms with Gasteiger partial charge in [-0.2, -0.15) is 5.26 Å². The lowest BCUT2D eigenvalue weighted by Gasteiger charge is -2.17. The lowest BCUT2D eigenvalue weighted by atomic mass is 9.93. The van der Waals surface area contributed by atoms with Crippen LogP contribution in [-0.4, -0.2) is 35.2 Å². The van der Waals surface area contributed by atoms with Gasteiger partial charge in [-0.3, -0.25) is 9.78 Å². The van der Waals surface area contributed by atoms with Crippen molar-refractivity contribution in [2.24, 2.45) is 0 Å². The number of amides is 1. The highest BCUT2D eigenvalue weighted by Crippen LogP contribution is 2.33. The van der Waals surface area contributed by atoms with E-state index in [0.29, 0.717) is 30.3 Å². The van der Waals surface area contributed by atoms with Crippen LogP contribution in [0.15, 0.2) is 67.5 Å². The van der Waals surface area contributed by atoms with Crippen molar-refractivity contribution in [3.05, 3.63) is 89.9 Å². The summed E-state index contributed by atoms with van der Waals surface area (Å²) in [5.74, 6) is -0.0145. The van der Waals surface area contributed by atoms with Crippen LogP contribution in [0.1, 0.15) is 42.1 Å². The van der Waals surface area contributed by atoms with Gasteiger partial charge in [0.1, 0.15) is 11.8 Å². The summed E-state index contributed by atoms with van der Waals surface area (Å²) in [7, 11) is 0. The van der Waals surface area contributed by atoms with Crippen molar-refractivity contribution < 1.29 is 14.3 Å². The van der Waals surface area contributed by atoms with E-state index in [9.17, 15) is 10.1 Å². The highest BCUT2D eigenvalue weighted by Gasteiger charge is 2.21. The van der Waals surface area contributed by atoms with Crippen molar-refractivity contribution in [1.29, 1.82) is 5.26 Å². The first kappa shape index (κ1) is 24.8. The summed E-state index contributed by atoms with van der Waals surface area (Å²) >= 11 is 0. The van der Waals surface area contributed by atoms with Crippen molar-refractivity contribution >= 4 is 17.2 Å². The predicted molar refractivity (Wildman–Crippen MR) is 139 cm³/mol. The van der Waals surface area contributed by atoms with Gasteiger partial charge in [0.25, 0.3) is 0 Å². The zero-order valence-electron chi connectivity index (χ0n) is 20.5. The lowest BCUT2D eigenvalue weighted by molar-refractivity contribution is -0.111. The average Bonchev–Trinajstić information content (AvgIpc) is 3.42. The molecule has 2 aromatic heterocycles. The lowest BCUT2D eigenvalue weighted by Crippen LogP contribution is -2.18. The number of hydrogen-bond donors (Lipinski definition) is 1. The molecule has 4 rings (SSSR count). The average molecular weight is 481 g/mol. The van der Waals surface area contributed by atoms with Gasteiger partial charge in [0.2, 0.25) is 11.8 Å². The predicted octanol–water partition coefficient (Wildman–Crippen LogP) is 5.46. The van der Waals surface area contributed by atoms with Crippen molar-refractivity contribution in [3.63, 3.8) is 0 Å². The Hall–Kier alpha value is -4.28. The molecule has 1 amide bonds. The second kappa shape index (κ2) is 11.4. The molecule has 0 saturated carbocycles. The number of hydrogen-bond acceptors (Lipinski definition) is 6. The highest BCUT2D eigenvalue weighted by molar-refractivity contribution is 6.00. The number of carbonyl (C=O) groups is 1. The molecular weight excluding hydrogens is 452 g/mol. The van der Waals surface area contributed by atoms with Gasteiger partial charge in [0.05, 0.1) is 24.8 Å². The Morgan fingerprint density at radius 2 is 2.08 bits per heavy atom. The number of ether oxygens (including phenoxy) is 2. The van der Waals surface area contributed by atoms with E-state index in [0.717, 1.165) is 46.4 Å². The number of carbonyl (C=O) groups excluding carboxylic acids is 1. The molecule has 0 radical (unpaired) electrons. The fourth-order valence-corrected chi connectivity index (χ4v) is 4.05. The molecule has 3 aromatic rings. The maximum atomic E-state index is 12.1. The van der Waals surface area contributed by atoms with Crippen molar-refractivity contribution in [1.82, 2.24) is 9.97 Å². The highest BCUT2D eigenvalue weighted by atomic mass is 16.5. The van der Waals surface area contributed by atoms with E-state index < -0.39 is 0 Å². The van der Waals surface area contributed by atoms with Crippen molar-refractivity contribution in [2.45, 2.75) is 32.8 Å². The number of nitrogens with one attached hydrogen (secondary N) is 1. The zero-order valence-corrected chi connectivity index (χ0v) is 20.5. The molecule has 1 aromatic carbocycles. The van der Waals surface area contributed by atoms with Crippen LogP contribution in [0.2, 0.25) is 0 Å². The van der Waals surface area contributed by atoms with Crippen LogP contribution in [0.25, 0.3) is 16.7 Å². The topological polar surface area (TPSA) is 97.1 Å². The van der Waals surface area contributed by atoms with Gasteiger partial charge >= 0.3 is 0 Å². The van der Waals surface area contributed by atoms with E-state index in [4.69, 9.17) is 9.47 Å². The molecule has 3 heterocycles. The van der Waals surface area contributed by atoms with Crippen LogP contribution in [0.5, 0.6) is 5.88 Å². The fraction of sp³-hybridized carbons (Fsp3) is 0.241. The van der Waals surface area contributed by atoms with Gasteiger partial charge in [-0.05, 0) is 54.8 Å². The maximum Gasteiger partial charge on any atom is 0.247 e. The van der Waals surface area contributed by atoms with Crippen LogP contribution in [0.3, 0.4) is 0 Å². The largest absolute Gasteiger partial charge is 0.470 e. The quantitative estimate of drug-likeness (QED) is 0.430. The number of pyridine rings is 2. The normalized spacial score (nSPS) is 15.2. The molecule has 1 saturated heterocycles. The van der Waals surface area contributed by atoms with E-state index in [1.165, 1.54) is 6.08 Å². The number of nitrogens with zero attached hydrogens (tertiary/aromatic N) is 3. The number of anilines is 1. The summed E-state index contributed by atoms with van der Waals surface area (Å²) in [5, 5.41) is 12.2. The fourth-order valence-electron chi connectivity index (χ4n) is 4.05. The molecule has 0 bridgehead atoms. The maximum absolute atomic E-state index is 12.1. The minimum absolute atomic E-state index is 0.110. The third-order valence-corrected chi connectivity index (χ3v) is 5.88. The molecule has 182 valence electrons. The van der Waals surface area contributed by atoms with Crippen LogP contribution >= 0.6 is 0 Å². The Morgan fingerprint density at radius 1 is 1.28 bits per heavy atom. The number of allylic oxidation sites excluding steroid dienone is 1. The van der Waals surface area contributed by atoms with Crippen LogP contribution in [0.4, 0.5) is 5.69 Å². The standard InChI is InChI=1S/C29H28N4O3/c1-4-7-25(21-9-6-8-20(12-21)15-30)26-13-22(16-31-19(26)3)23-14-27(33-28(34)5-2)29(32-17-23)36-24-10-11-35-18-24/h5-9,12-14,16-17,24H,2,4,10-11,18H2,1,3H3,(H,33,34)/b25-7-. The second-order valence-electron chi connectivity index (χ2n) is 8.45. The van der Waals surface area contributed by atoms with Crippen LogP contribution < -0.4 is 10.1 Å². The van der Waals surface area contributed by atoms with E-state index in [1.54, 1.807) is 18.5 Å². The minimum Gasteiger partial charge on any atom is -0.470 e. The van der Waals surface area contributed by atoms with Gasteiger partial charge in [-0.1, -0.05) is 31.7 Å². The molecule has 0 aliphatic carbocycles. The second-order valence-corrected chi connectivity index (χ2v) is 8.45. The molecule has 7 nitrogen and oxygen atoms in total. The van der Waals surface area contributed by atoms with Gasteiger partial charge in [0.15, 0.2) is 0 Å². The number of nitriles is 1. The Bertz CT molecular complexity index is 1350. The smallest absolute Gasteiger partial charge is 0.247 e. The van der Waals surface area contributed by atoms with Gasteiger partial charge < -0.3 is 14.8 Å². The molecule has 1 unspecified atom stereocenters. The third-order valence-electron chi connectivity index (χ3n) is 5.88. The van der Waals surface area contributed by atoms with Crippen molar-refractivity contribution in [3.8, 4) is 23.1 Å². The minimum atomic E-state index is -0.352. The molecular formula is C29H28N4O3. The van der Waals surface area contributed by atoms with Crippen LogP contribution in [0, 0.1) is 18.3 Å². The summed E-state index contributed by atoms with van der Waals surface area (Å²) in [5.41, 5.74) is 6.47. The molecule has 1 atom stereocenters. The van der Waals surface area contributed by atoms with E-state index in [1.807, 2.05) is 31.2 Å². The number of aryl methyl sites for hydroxylation is 1. The Kier molecular flexibility index (Phi) is 7.89. The molecule has 36 heavy (non-hydrogen) atoms. The zero-order chi connectivity index (χ0) is 25.5. The first-order valence-electron chi connectivity index (χ1n) is 11.9. The Morgan fingerprint density at radius 3 is 2.81 bits per heavy atom. The van der Waals surface area contributed by atoms with Crippen LogP contribution in [-0.2, 0) is 9.53 Å². The number of aromatic nitrogens is 2. The molecule has 1 fully saturated rings. The van der Waals surface area contributed by atoms with Gasteiger partial charge in [0, 0.05) is 41.2 Å². The first-order chi connectivity index (χ1) is 17.5. The Labute approximate surface area is 211 Å². The summed E-state index contributed by atoms with van der Waals surface area (Å²) in [4.78, 5) is 21.3. The molecule has 7 heteroatoms. The van der Waals surface area contributed by atoms with Gasteiger partial charge in [-0.25, -0.2) is 4.98 Å². The Balaban J connectivity index is 1.75. The molecule has 1 N–H and O–H groups in total.